The highest BCUT2D eigenvalue weighted by Gasteiger charge is 2.15. The highest BCUT2D eigenvalue weighted by atomic mass is 32.1. The fourth-order valence-electron chi connectivity index (χ4n) is 1.72. The van der Waals surface area contributed by atoms with Crippen molar-refractivity contribution >= 4 is 17.2 Å². The fraction of sp³-hybridized carbons (Fsp3) is 0.286. The molecule has 104 valence electrons. The van der Waals surface area contributed by atoms with Gasteiger partial charge in [-0.15, -0.1) is 11.3 Å². The van der Waals surface area contributed by atoms with Gasteiger partial charge in [0.05, 0.1) is 4.88 Å². The van der Waals surface area contributed by atoms with E-state index in [2.05, 4.69) is 16.9 Å². The molecule has 0 radical (unpaired) electrons. The summed E-state index contributed by atoms with van der Waals surface area (Å²) in [6.07, 6.45) is 1.74. The number of carbonyl (C=O) groups is 1. The summed E-state index contributed by atoms with van der Waals surface area (Å²) in [6, 6.07) is 3.63. The van der Waals surface area contributed by atoms with E-state index in [-0.39, 0.29) is 12.5 Å². The number of hydrogen-bond donors (Lipinski definition) is 1. The zero-order chi connectivity index (χ0) is 14.5. The van der Waals surface area contributed by atoms with Crippen LogP contribution >= 0.6 is 11.3 Å². The second-order valence-electron chi connectivity index (χ2n) is 4.31. The van der Waals surface area contributed by atoms with Gasteiger partial charge in [0.2, 0.25) is 0 Å². The minimum absolute atomic E-state index is 0.111. The van der Waals surface area contributed by atoms with Crippen molar-refractivity contribution in [1.82, 2.24) is 14.7 Å². The summed E-state index contributed by atoms with van der Waals surface area (Å²) in [7, 11) is 3.52. The SMILES string of the molecule is CN(Cc1csc(C#CCO)c1)C(=O)c1ccn(C)n1. The van der Waals surface area contributed by atoms with Gasteiger partial charge in [-0.25, -0.2) is 0 Å². The normalized spacial score (nSPS) is 9.95. The molecule has 0 atom stereocenters. The molecule has 1 amide bonds. The van der Waals surface area contributed by atoms with Gasteiger partial charge < -0.3 is 10.0 Å². The summed E-state index contributed by atoms with van der Waals surface area (Å²) in [6.45, 7) is 0.359. The van der Waals surface area contributed by atoms with Gasteiger partial charge in [-0.3, -0.25) is 9.48 Å². The maximum Gasteiger partial charge on any atom is 0.274 e. The lowest BCUT2D eigenvalue weighted by molar-refractivity contribution is 0.0778. The Morgan fingerprint density at radius 3 is 3.05 bits per heavy atom. The summed E-state index contributed by atoms with van der Waals surface area (Å²) < 4.78 is 1.61. The number of aromatic nitrogens is 2. The molecule has 1 N–H and O–H groups in total. The molecule has 0 aromatic carbocycles. The highest BCUT2D eigenvalue weighted by molar-refractivity contribution is 7.10. The maximum atomic E-state index is 12.1. The summed E-state index contributed by atoms with van der Waals surface area (Å²) >= 11 is 1.50. The molecule has 0 aliphatic rings. The first kappa shape index (κ1) is 14.3. The molecule has 0 spiro atoms. The molecule has 2 aromatic heterocycles. The first-order chi connectivity index (χ1) is 9.60. The number of aryl methyl sites for hydroxylation is 1. The van der Waals surface area contributed by atoms with E-state index in [1.807, 2.05) is 11.4 Å². The molecule has 0 saturated heterocycles. The number of rotatable bonds is 3. The Bertz CT molecular complexity index is 663. The van der Waals surface area contributed by atoms with Gasteiger partial charge in [0.15, 0.2) is 0 Å². The maximum absolute atomic E-state index is 12.1. The van der Waals surface area contributed by atoms with Crippen molar-refractivity contribution in [2.75, 3.05) is 13.7 Å². The monoisotopic (exact) mass is 289 g/mol. The van der Waals surface area contributed by atoms with Gasteiger partial charge in [-0.2, -0.15) is 5.10 Å². The molecule has 0 aliphatic heterocycles. The number of nitrogens with zero attached hydrogens (tertiary/aromatic N) is 3. The average Bonchev–Trinajstić information content (AvgIpc) is 3.04. The quantitative estimate of drug-likeness (QED) is 0.861. The molecule has 2 aromatic rings. The van der Waals surface area contributed by atoms with Crippen LogP contribution in [0.4, 0.5) is 0 Å². The summed E-state index contributed by atoms with van der Waals surface area (Å²) in [4.78, 5) is 14.6. The van der Waals surface area contributed by atoms with Gasteiger partial charge in [0.1, 0.15) is 12.3 Å². The van der Waals surface area contributed by atoms with Crippen LogP contribution in [0, 0.1) is 11.8 Å². The lowest BCUT2D eigenvalue weighted by atomic mass is 10.2. The van der Waals surface area contributed by atoms with Crippen LogP contribution in [0.25, 0.3) is 0 Å². The average molecular weight is 289 g/mol. The molecule has 0 fully saturated rings. The van der Waals surface area contributed by atoms with Crippen LogP contribution in [0.15, 0.2) is 23.7 Å². The third-order valence-corrected chi connectivity index (χ3v) is 3.54. The Morgan fingerprint density at radius 2 is 2.40 bits per heavy atom. The van der Waals surface area contributed by atoms with E-state index in [4.69, 9.17) is 5.11 Å². The predicted octanol–water partition coefficient (Wildman–Crippen LogP) is 1.10. The first-order valence-electron chi connectivity index (χ1n) is 6.02. The van der Waals surface area contributed by atoms with Gasteiger partial charge in [0.25, 0.3) is 5.91 Å². The van der Waals surface area contributed by atoms with E-state index in [0.29, 0.717) is 12.2 Å². The van der Waals surface area contributed by atoms with Crippen molar-refractivity contribution in [3.05, 3.63) is 39.8 Å². The Kier molecular flexibility index (Phi) is 4.56. The largest absolute Gasteiger partial charge is 0.384 e. The molecule has 6 heteroatoms. The van der Waals surface area contributed by atoms with Crippen LogP contribution in [-0.4, -0.2) is 39.3 Å². The predicted molar refractivity (Wildman–Crippen MR) is 77.3 cm³/mol. The Hall–Kier alpha value is -2.10. The first-order valence-corrected chi connectivity index (χ1v) is 6.90. The van der Waals surface area contributed by atoms with Crippen molar-refractivity contribution in [2.45, 2.75) is 6.54 Å². The van der Waals surface area contributed by atoms with E-state index in [9.17, 15) is 4.79 Å². The van der Waals surface area contributed by atoms with Gasteiger partial charge in [-0.1, -0.05) is 11.8 Å². The Labute approximate surface area is 121 Å². The molecule has 0 saturated carbocycles. The Morgan fingerprint density at radius 1 is 1.60 bits per heavy atom. The molecule has 2 heterocycles. The van der Waals surface area contributed by atoms with Crippen LogP contribution in [-0.2, 0) is 13.6 Å². The van der Waals surface area contributed by atoms with Crippen molar-refractivity contribution in [3.63, 3.8) is 0 Å². The van der Waals surface area contributed by atoms with Crippen molar-refractivity contribution in [2.24, 2.45) is 7.05 Å². The van der Waals surface area contributed by atoms with E-state index >= 15 is 0 Å². The van der Waals surface area contributed by atoms with E-state index < -0.39 is 0 Å². The van der Waals surface area contributed by atoms with Crippen molar-refractivity contribution in [1.29, 1.82) is 0 Å². The zero-order valence-electron chi connectivity index (χ0n) is 11.3. The number of carbonyl (C=O) groups excluding carboxylic acids is 1. The Balaban J connectivity index is 2.02. The van der Waals surface area contributed by atoms with E-state index in [0.717, 1.165) is 10.4 Å². The minimum atomic E-state index is -0.148. The lowest BCUT2D eigenvalue weighted by Crippen LogP contribution is -2.26. The molecule has 0 unspecified atom stereocenters. The van der Waals surface area contributed by atoms with Crippen LogP contribution in [0.5, 0.6) is 0 Å². The third kappa shape index (κ3) is 3.47. The summed E-state index contributed by atoms with van der Waals surface area (Å²) in [5.74, 6) is 5.35. The van der Waals surface area contributed by atoms with Gasteiger partial charge in [0, 0.05) is 26.8 Å². The number of thiophene rings is 1. The lowest BCUT2D eigenvalue weighted by Gasteiger charge is -2.14. The molecular weight excluding hydrogens is 274 g/mol. The minimum Gasteiger partial charge on any atom is -0.384 e. The molecule has 2 rings (SSSR count). The van der Waals surface area contributed by atoms with Crippen LogP contribution < -0.4 is 0 Å². The highest BCUT2D eigenvalue weighted by Crippen LogP contribution is 2.15. The van der Waals surface area contributed by atoms with Crippen molar-refractivity contribution < 1.29 is 9.90 Å². The molecule has 0 aliphatic carbocycles. The van der Waals surface area contributed by atoms with E-state index in [1.165, 1.54) is 11.3 Å². The zero-order valence-corrected chi connectivity index (χ0v) is 12.1. The second-order valence-corrected chi connectivity index (χ2v) is 5.23. The molecule has 20 heavy (non-hydrogen) atoms. The van der Waals surface area contributed by atoms with Crippen LogP contribution in [0.1, 0.15) is 20.9 Å². The topological polar surface area (TPSA) is 58.4 Å². The van der Waals surface area contributed by atoms with Crippen LogP contribution in [0.3, 0.4) is 0 Å². The van der Waals surface area contributed by atoms with E-state index in [1.54, 1.807) is 35.9 Å². The smallest absolute Gasteiger partial charge is 0.274 e. The number of aliphatic hydroxyl groups excluding tert-OH is 1. The number of hydrogen-bond acceptors (Lipinski definition) is 4. The molecule has 0 bridgehead atoms. The number of amides is 1. The third-order valence-electron chi connectivity index (χ3n) is 2.64. The number of aliphatic hydroxyl groups is 1. The fourth-order valence-corrected chi connectivity index (χ4v) is 2.49. The van der Waals surface area contributed by atoms with Gasteiger partial charge >= 0.3 is 0 Å². The standard InChI is InChI=1S/C14H15N3O2S/c1-16(14(19)13-5-6-17(2)15-13)9-11-8-12(20-10-11)4-3-7-18/h5-6,8,10,18H,7,9H2,1-2H3. The molecular formula is C14H15N3O2S. The summed E-state index contributed by atoms with van der Waals surface area (Å²) in [5, 5.41) is 14.7. The summed E-state index contributed by atoms with van der Waals surface area (Å²) in [5.41, 5.74) is 1.45. The van der Waals surface area contributed by atoms with Crippen molar-refractivity contribution in [3.8, 4) is 11.8 Å². The van der Waals surface area contributed by atoms with Crippen LogP contribution in [0.2, 0.25) is 0 Å². The molecule has 5 nitrogen and oxygen atoms in total. The van der Waals surface area contributed by atoms with Gasteiger partial charge in [-0.05, 0) is 23.1 Å². The second kappa shape index (κ2) is 6.37.